The highest BCUT2D eigenvalue weighted by molar-refractivity contribution is 5.98. The third kappa shape index (κ3) is 2.87. The molecule has 0 N–H and O–H groups in total. The third-order valence-corrected chi connectivity index (χ3v) is 6.59. The van der Waals surface area contributed by atoms with Crippen LogP contribution in [0, 0.1) is 0 Å². The SMILES string of the molecule is O=C(C1(c2ccccn2)CCCCC1)C1(c2ccccn2)CCCCC1. The summed E-state index contributed by atoms with van der Waals surface area (Å²) < 4.78 is 0. The van der Waals surface area contributed by atoms with Gasteiger partial charge in [0, 0.05) is 12.4 Å². The first-order valence-corrected chi connectivity index (χ1v) is 10.2. The summed E-state index contributed by atoms with van der Waals surface area (Å²) in [6, 6.07) is 12.1. The van der Waals surface area contributed by atoms with Gasteiger partial charge in [0.15, 0.2) is 5.78 Å². The molecule has 4 rings (SSSR count). The van der Waals surface area contributed by atoms with Crippen LogP contribution < -0.4 is 0 Å². The molecule has 0 spiro atoms. The lowest BCUT2D eigenvalue weighted by molar-refractivity contribution is -0.133. The average molecular weight is 348 g/mol. The van der Waals surface area contributed by atoms with Crippen LogP contribution in [-0.4, -0.2) is 15.8 Å². The molecular weight excluding hydrogens is 320 g/mol. The predicted molar refractivity (Wildman–Crippen MR) is 103 cm³/mol. The molecule has 136 valence electrons. The van der Waals surface area contributed by atoms with Crippen LogP contribution in [0.25, 0.3) is 0 Å². The van der Waals surface area contributed by atoms with Gasteiger partial charge in [-0.25, -0.2) is 0 Å². The highest BCUT2D eigenvalue weighted by Gasteiger charge is 2.53. The lowest BCUT2D eigenvalue weighted by atomic mass is 9.57. The molecule has 3 nitrogen and oxygen atoms in total. The zero-order valence-electron chi connectivity index (χ0n) is 15.5. The van der Waals surface area contributed by atoms with Crippen molar-refractivity contribution in [2.45, 2.75) is 75.0 Å². The van der Waals surface area contributed by atoms with Crippen molar-refractivity contribution in [1.82, 2.24) is 9.97 Å². The van der Waals surface area contributed by atoms with Crippen molar-refractivity contribution in [2.75, 3.05) is 0 Å². The van der Waals surface area contributed by atoms with Gasteiger partial charge in [0.25, 0.3) is 0 Å². The number of ketones is 1. The second-order valence-corrected chi connectivity index (χ2v) is 8.04. The molecule has 0 amide bonds. The highest BCUT2D eigenvalue weighted by Crippen LogP contribution is 2.49. The van der Waals surface area contributed by atoms with Crippen LogP contribution in [0.1, 0.15) is 75.6 Å². The van der Waals surface area contributed by atoms with Crippen molar-refractivity contribution < 1.29 is 4.79 Å². The van der Waals surface area contributed by atoms with E-state index in [0.29, 0.717) is 5.78 Å². The molecule has 0 unspecified atom stereocenters. The maximum Gasteiger partial charge on any atom is 0.157 e. The summed E-state index contributed by atoms with van der Waals surface area (Å²) in [5.41, 5.74) is 1.08. The molecule has 26 heavy (non-hydrogen) atoms. The van der Waals surface area contributed by atoms with E-state index in [9.17, 15) is 4.79 Å². The molecule has 3 heteroatoms. The van der Waals surface area contributed by atoms with E-state index in [2.05, 4.69) is 22.1 Å². The number of nitrogens with zero attached hydrogens (tertiary/aromatic N) is 2. The monoisotopic (exact) mass is 348 g/mol. The standard InChI is InChI=1S/C23H28N2O/c26-21(22(13-5-1-6-14-22)19-11-3-9-17-24-19)23(15-7-2-8-16-23)20-12-4-10-18-25-20/h3-4,9-12,17-18H,1-2,5-8,13-16H2. The molecule has 0 radical (unpaired) electrons. The summed E-state index contributed by atoms with van der Waals surface area (Å²) in [5, 5.41) is 0. The second-order valence-electron chi connectivity index (χ2n) is 8.04. The van der Waals surface area contributed by atoms with Gasteiger partial charge in [0.1, 0.15) is 0 Å². The number of carbonyl (C=O) groups is 1. The summed E-state index contributed by atoms with van der Waals surface area (Å²) >= 11 is 0. The van der Waals surface area contributed by atoms with E-state index >= 15 is 0 Å². The molecule has 2 aliphatic rings. The van der Waals surface area contributed by atoms with Crippen LogP contribution in [0.4, 0.5) is 0 Å². The molecule has 0 bridgehead atoms. The maximum atomic E-state index is 14.3. The van der Waals surface area contributed by atoms with Crippen molar-refractivity contribution in [3.05, 3.63) is 60.2 Å². The second kappa shape index (κ2) is 7.30. The Morgan fingerprint density at radius 1 is 0.654 bits per heavy atom. The first kappa shape index (κ1) is 17.4. The molecule has 2 aromatic rings. The third-order valence-electron chi connectivity index (χ3n) is 6.59. The Balaban J connectivity index is 1.83. The van der Waals surface area contributed by atoms with Crippen molar-refractivity contribution in [3.8, 4) is 0 Å². The lowest BCUT2D eigenvalue weighted by Crippen LogP contribution is -2.51. The molecule has 2 aromatic heterocycles. The topological polar surface area (TPSA) is 42.9 Å². The van der Waals surface area contributed by atoms with Gasteiger partial charge in [-0.15, -0.1) is 0 Å². The lowest BCUT2D eigenvalue weighted by Gasteiger charge is -2.45. The first-order valence-electron chi connectivity index (χ1n) is 10.2. The van der Waals surface area contributed by atoms with Crippen molar-refractivity contribution in [1.29, 1.82) is 0 Å². The van der Waals surface area contributed by atoms with Gasteiger partial charge in [0.05, 0.1) is 22.2 Å². The zero-order chi connectivity index (χ0) is 17.9. The fraction of sp³-hybridized carbons (Fsp3) is 0.522. The van der Waals surface area contributed by atoms with Crippen LogP contribution in [0.15, 0.2) is 48.8 Å². The fourth-order valence-corrected chi connectivity index (χ4v) is 5.26. The molecule has 0 atom stereocenters. The summed E-state index contributed by atoms with van der Waals surface area (Å²) in [4.78, 5) is 23.7. The van der Waals surface area contributed by atoms with Gasteiger partial charge in [-0.3, -0.25) is 14.8 Å². The quantitative estimate of drug-likeness (QED) is 0.767. The van der Waals surface area contributed by atoms with Gasteiger partial charge in [-0.2, -0.15) is 0 Å². The minimum absolute atomic E-state index is 0.391. The Labute approximate surface area is 156 Å². The van der Waals surface area contributed by atoms with E-state index in [1.54, 1.807) is 0 Å². The Hall–Kier alpha value is -2.03. The highest BCUT2D eigenvalue weighted by atomic mass is 16.1. The predicted octanol–water partition coefficient (Wildman–Crippen LogP) is 5.15. The molecule has 0 aromatic carbocycles. The van der Waals surface area contributed by atoms with Crippen LogP contribution >= 0.6 is 0 Å². The maximum absolute atomic E-state index is 14.3. The number of hydrogen-bond acceptors (Lipinski definition) is 3. The minimum Gasteiger partial charge on any atom is -0.298 e. The molecule has 0 saturated heterocycles. The molecule has 2 heterocycles. The van der Waals surface area contributed by atoms with Gasteiger partial charge in [-0.05, 0) is 49.9 Å². The van der Waals surface area contributed by atoms with Crippen molar-refractivity contribution in [3.63, 3.8) is 0 Å². The van der Waals surface area contributed by atoms with E-state index in [1.807, 2.05) is 36.7 Å². The van der Waals surface area contributed by atoms with Gasteiger partial charge >= 0.3 is 0 Å². The number of pyridine rings is 2. The van der Waals surface area contributed by atoms with Gasteiger partial charge in [0.2, 0.25) is 0 Å². The number of aromatic nitrogens is 2. The van der Waals surface area contributed by atoms with E-state index in [0.717, 1.165) is 62.8 Å². The van der Waals surface area contributed by atoms with E-state index in [4.69, 9.17) is 0 Å². The molecule has 2 aliphatic carbocycles. The van der Waals surface area contributed by atoms with Crippen molar-refractivity contribution in [2.24, 2.45) is 0 Å². The van der Waals surface area contributed by atoms with Crippen LogP contribution in [0.2, 0.25) is 0 Å². The van der Waals surface area contributed by atoms with Crippen LogP contribution in [-0.2, 0) is 15.6 Å². The number of Topliss-reactive ketones (excluding diaryl/α,β-unsaturated/α-hetero) is 1. The van der Waals surface area contributed by atoms with E-state index < -0.39 is 10.8 Å². The fourth-order valence-electron chi connectivity index (χ4n) is 5.26. The Bertz CT molecular complexity index is 666. The Morgan fingerprint density at radius 2 is 1.08 bits per heavy atom. The largest absolute Gasteiger partial charge is 0.298 e. The summed E-state index contributed by atoms with van der Waals surface area (Å²) in [5.74, 6) is 0.391. The van der Waals surface area contributed by atoms with Gasteiger partial charge < -0.3 is 0 Å². The summed E-state index contributed by atoms with van der Waals surface area (Å²) in [7, 11) is 0. The normalized spacial score (nSPS) is 21.8. The first-order chi connectivity index (χ1) is 12.8. The van der Waals surface area contributed by atoms with Gasteiger partial charge in [-0.1, -0.05) is 50.7 Å². The average Bonchev–Trinajstić information content (AvgIpc) is 2.75. The van der Waals surface area contributed by atoms with Crippen LogP contribution in [0.5, 0.6) is 0 Å². The Kier molecular flexibility index (Phi) is 4.88. The smallest absolute Gasteiger partial charge is 0.157 e. The summed E-state index contributed by atoms with van der Waals surface area (Å²) in [6.45, 7) is 0. The molecule has 2 saturated carbocycles. The van der Waals surface area contributed by atoms with Crippen LogP contribution in [0.3, 0.4) is 0 Å². The van der Waals surface area contributed by atoms with Crippen molar-refractivity contribution >= 4 is 5.78 Å². The number of hydrogen-bond donors (Lipinski definition) is 0. The minimum atomic E-state index is -0.436. The number of carbonyl (C=O) groups excluding carboxylic acids is 1. The molecule has 2 fully saturated rings. The number of rotatable bonds is 4. The van der Waals surface area contributed by atoms with E-state index in [-0.39, 0.29) is 0 Å². The Morgan fingerprint density at radius 3 is 1.42 bits per heavy atom. The summed E-state index contributed by atoms with van der Waals surface area (Å²) in [6.07, 6.45) is 14.3. The molecule has 0 aliphatic heterocycles. The van der Waals surface area contributed by atoms with E-state index in [1.165, 1.54) is 12.8 Å². The zero-order valence-corrected chi connectivity index (χ0v) is 15.5. The molecular formula is C23H28N2O.